The molecule has 12 nitrogen and oxygen atoms in total. The predicted octanol–water partition coefficient (Wildman–Crippen LogP) is 4.46. The van der Waals surface area contributed by atoms with Crippen molar-refractivity contribution in [1.82, 2.24) is 14.2 Å². The fraction of sp³-hybridized carbons (Fsp3) is 0.433. The van der Waals surface area contributed by atoms with Gasteiger partial charge in [-0.05, 0) is 38.5 Å². The van der Waals surface area contributed by atoms with E-state index in [-0.39, 0.29) is 31.8 Å². The van der Waals surface area contributed by atoms with Gasteiger partial charge < -0.3 is 18.7 Å². The first-order chi connectivity index (χ1) is 20.9. The molecule has 0 amide bonds. The number of hydrogen-bond acceptors (Lipinski definition) is 9. The van der Waals surface area contributed by atoms with E-state index in [1.54, 1.807) is 51.1 Å². The summed E-state index contributed by atoms with van der Waals surface area (Å²) in [6.45, 7) is 6.16. The van der Waals surface area contributed by atoms with E-state index in [2.05, 4.69) is 5.09 Å². The molecule has 0 aliphatic carbocycles. The van der Waals surface area contributed by atoms with Crippen LogP contribution in [-0.2, 0) is 41.4 Å². The molecule has 1 aliphatic heterocycles. The van der Waals surface area contributed by atoms with Gasteiger partial charge in [-0.3, -0.25) is 18.7 Å². The molecule has 1 aromatic heterocycles. The topological polar surface area (TPSA) is 136 Å². The number of rotatable bonds is 14. The number of ether oxygens (including phenoxy) is 3. The maximum Gasteiger partial charge on any atom is 0.459 e. The summed E-state index contributed by atoms with van der Waals surface area (Å²) >= 11 is 6.96. The Bertz CT molecular complexity index is 1560. The second-order valence-corrected chi connectivity index (χ2v) is 13.3. The molecule has 0 bridgehead atoms. The lowest BCUT2D eigenvalue weighted by atomic mass is 9.92. The first-order valence-electron chi connectivity index (χ1n) is 14.1. The summed E-state index contributed by atoms with van der Waals surface area (Å²) in [5.41, 5.74) is -0.317. The van der Waals surface area contributed by atoms with Gasteiger partial charge in [0.1, 0.15) is 19.0 Å². The molecule has 44 heavy (non-hydrogen) atoms. The molecule has 1 N–H and O–H groups in total. The van der Waals surface area contributed by atoms with Gasteiger partial charge >= 0.3 is 19.4 Å². The van der Waals surface area contributed by atoms with Crippen molar-refractivity contribution >= 4 is 25.3 Å². The number of carbonyl (C=O) groups excluding carboxylic acids is 1. The first kappa shape index (κ1) is 33.6. The second kappa shape index (κ2) is 14.7. The highest BCUT2D eigenvalue weighted by molar-refractivity contribution is 7.52. The highest BCUT2D eigenvalue weighted by Gasteiger charge is 2.52. The van der Waals surface area contributed by atoms with E-state index < -0.39 is 54.6 Å². The summed E-state index contributed by atoms with van der Waals surface area (Å²) in [4.78, 5) is 37.0. The van der Waals surface area contributed by atoms with Crippen molar-refractivity contribution in [2.24, 2.45) is 5.92 Å². The Labute approximate surface area is 260 Å². The Morgan fingerprint density at radius 2 is 1.75 bits per heavy atom. The third-order valence-corrected chi connectivity index (χ3v) is 9.09. The van der Waals surface area contributed by atoms with Crippen LogP contribution in [0.5, 0.6) is 5.75 Å². The van der Waals surface area contributed by atoms with E-state index in [4.69, 9.17) is 34.9 Å². The maximum absolute atomic E-state index is 13.7. The number of alkyl halides is 1. The van der Waals surface area contributed by atoms with E-state index in [0.717, 1.165) is 10.1 Å². The number of para-hydroxylation sites is 1. The third-order valence-electron chi connectivity index (χ3n) is 7.08. The van der Waals surface area contributed by atoms with Crippen molar-refractivity contribution in [3.05, 3.63) is 99.3 Å². The number of carbonyl (C=O) groups is 1. The van der Waals surface area contributed by atoms with Gasteiger partial charge in [0.2, 0.25) is 0 Å². The Hall–Kier alpha value is -3.25. The van der Waals surface area contributed by atoms with Gasteiger partial charge in [0.05, 0.1) is 30.3 Å². The highest BCUT2D eigenvalue weighted by Crippen LogP contribution is 2.49. The van der Waals surface area contributed by atoms with Crippen LogP contribution in [0.1, 0.15) is 39.5 Å². The van der Waals surface area contributed by atoms with E-state index >= 15 is 0 Å². The zero-order chi connectivity index (χ0) is 31.9. The molecular formula is C30H37ClN3O9P. The largest absolute Gasteiger partial charge is 0.462 e. The maximum atomic E-state index is 13.7. The Morgan fingerprint density at radius 3 is 2.41 bits per heavy atom. The zero-order valence-corrected chi connectivity index (χ0v) is 26.6. The minimum atomic E-state index is -4.12. The van der Waals surface area contributed by atoms with E-state index in [1.165, 1.54) is 16.8 Å². The standard InChI is InChI=1S/C30H37ClN3O9P/c1-21(2)41-27(36)17-32-44(38,43-24-13-9-6-10-14-24)40-19-25-22(3)30(4,31)28(42-25)33-16-15-26(35)34(29(33)37)20-39-18-23-11-7-5-8-12-23/h5-16,21-22,25,28H,17-20H2,1-4H3,(H,32,38)/t22-,25-,28-,30-,44?/m1/s1. The minimum absolute atomic E-state index is 0.208. The number of benzene rings is 2. The van der Waals surface area contributed by atoms with E-state index in [9.17, 15) is 18.9 Å². The number of esters is 1. The third kappa shape index (κ3) is 8.47. The Balaban J connectivity index is 1.49. The second-order valence-electron chi connectivity index (χ2n) is 10.8. The van der Waals surface area contributed by atoms with Crippen molar-refractivity contribution in [3.63, 3.8) is 0 Å². The van der Waals surface area contributed by atoms with Crippen LogP contribution in [0.25, 0.3) is 0 Å². The Kier molecular flexibility index (Phi) is 11.2. The molecule has 2 aromatic carbocycles. The van der Waals surface area contributed by atoms with Crippen LogP contribution in [0.2, 0.25) is 0 Å². The molecule has 238 valence electrons. The fourth-order valence-corrected chi connectivity index (χ4v) is 6.12. The number of nitrogens with zero attached hydrogens (tertiary/aromatic N) is 2. The van der Waals surface area contributed by atoms with Crippen molar-refractivity contribution < 1.29 is 32.6 Å². The lowest BCUT2D eigenvalue weighted by molar-refractivity contribution is -0.145. The van der Waals surface area contributed by atoms with Crippen molar-refractivity contribution in [1.29, 1.82) is 0 Å². The summed E-state index contributed by atoms with van der Waals surface area (Å²) in [5, 5.41) is 2.55. The van der Waals surface area contributed by atoms with Gasteiger partial charge in [0.15, 0.2) is 6.23 Å². The van der Waals surface area contributed by atoms with Crippen molar-refractivity contribution in [3.8, 4) is 5.75 Å². The van der Waals surface area contributed by atoms with E-state index in [0.29, 0.717) is 0 Å². The average molecular weight is 650 g/mol. The Morgan fingerprint density at radius 1 is 1.09 bits per heavy atom. The monoisotopic (exact) mass is 649 g/mol. The first-order valence-corrected chi connectivity index (χ1v) is 16.0. The van der Waals surface area contributed by atoms with Crippen LogP contribution < -0.4 is 20.9 Å². The van der Waals surface area contributed by atoms with Crippen LogP contribution in [0.4, 0.5) is 0 Å². The highest BCUT2D eigenvalue weighted by atomic mass is 35.5. The summed E-state index contributed by atoms with van der Waals surface area (Å²) in [7, 11) is -4.12. The molecule has 1 aliphatic rings. The van der Waals surface area contributed by atoms with Crippen LogP contribution in [0.15, 0.2) is 82.5 Å². The number of nitrogens with one attached hydrogen (secondary N) is 1. The zero-order valence-electron chi connectivity index (χ0n) is 25.0. The van der Waals surface area contributed by atoms with Gasteiger partial charge in [0, 0.05) is 18.2 Å². The smallest absolute Gasteiger partial charge is 0.459 e. The SMILES string of the molecule is CC(C)OC(=O)CNP(=O)(OC[C@H]1O[C@@H](n2ccc(=O)n(COCc3ccccc3)c2=O)[C@](C)(Cl)[C@@H]1C)Oc1ccccc1. The van der Waals surface area contributed by atoms with Crippen molar-refractivity contribution in [2.45, 2.75) is 64.3 Å². The van der Waals surface area contributed by atoms with Crippen LogP contribution in [0.3, 0.4) is 0 Å². The predicted molar refractivity (Wildman–Crippen MR) is 163 cm³/mol. The number of aromatic nitrogens is 2. The molecule has 0 spiro atoms. The van der Waals surface area contributed by atoms with Crippen LogP contribution in [-0.4, -0.2) is 45.3 Å². The van der Waals surface area contributed by atoms with Gasteiger partial charge in [-0.15, -0.1) is 11.6 Å². The molecule has 1 unspecified atom stereocenters. The lowest BCUT2D eigenvalue weighted by Gasteiger charge is -2.28. The number of halogens is 1. The minimum Gasteiger partial charge on any atom is -0.462 e. The normalized spacial score (nSPS) is 22.9. The van der Waals surface area contributed by atoms with Gasteiger partial charge in [-0.2, -0.15) is 0 Å². The molecule has 4 rings (SSSR count). The van der Waals surface area contributed by atoms with Crippen LogP contribution >= 0.6 is 19.3 Å². The molecule has 0 saturated carbocycles. The molecule has 0 radical (unpaired) electrons. The lowest BCUT2D eigenvalue weighted by Crippen LogP contribution is -2.44. The average Bonchev–Trinajstić information content (AvgIpc) is 3.21. The van der Waals surface area contributed by atoms with Gasteiger partial charge in [0.25, 0.3) is 5.56 Å². The molecule has 14 heteroatoms. The van der Waals surface area contributed by atoms with Gasteiger partial charge in [-0.25, -0.2) is 19.0 Å². The van der Waals surface area contributed by atoms with Crippen molar-refractivity contribution in [2.75, 3.05) is 13.2 Å². The number of hydrogen-bond donors (Lipinski definition) is 1. The molecular weight excluding hydrogens is 613 g/mol. The molecule has 1 saturated heterocycles. The quantitative estimate of drug-likeness (QED) is 0.151. The molecule has 1 fully saturated rings. The van der Waals surface area contributed by atoms with Gasteiger partial charge in [-0.1, -0.05) is 55.5 Å². The molecule has 2 heterocycles. The molecule has 3 aromatic rings. The van der Waals surface area contributed by atoms with Crippen LogP contribution in [0, 0.1) is 5.92 Å². The summed E-state index contributed by atoms with van der Waals surface area (Å²) in [5.74, 6) is -0.808. The van der Waals surface area contributed by atoms with E-state index in [1.807, 2.05) is 37.3 Å². The molecule has 5 atom stereocenters. The fourth-order valence-electron chi connectivity index (χ4n) is 4.55. The summed E-state index contributed by atoms with van der Waals surface area (Å²) < 4.78 is 44.3. The summed E-state index contributed by atoms with van der Waals surface area (Å²) in [6, 6.07) is 18.9. The summed E-state index contributed by atoms with van der Waals surface area (Å²) in [6.07, 6.45) is -0.796.